The topological polar surface area (TPSA) is 80.2 Å². The lowest BCUT2D eigenvalue weighted by Crippen LogP contribution is -2.24. The van der Waals surface area contributed by atoms with Gasteiger partial charge in [-0.3, -0.25) is 4.79 Å². The maximum Gasteiger partial charge on any atom is 0.277 e. The second-order valence-corrected chi connectivity index (χ2v) is 5.88. The van der Waals surface area contributed by atoms with Crippen molar-refractivity contribution in [2.75, 3.05) is 13.7 Å². The Hall–Kier alpha value is -2.25. The Morgan fingerprint density at radius 2 is 2.12 bits per heavy atom. The summed E-state index contributed by atoms with van der Waals surface area (Å²) in [5, 5.41) is 13.9. The highest BCUT2D eigenvalue weighted by atomic mass is 79.9. The van der Waals surface area contributed by atoms with E-state index < -0.39 is 5.91 Å². The molecule has 2 aromatic carbocycles. The van der Waals surface area contributed by atoms with Crippen LogP contribution in [-0.2, 0) is 4.79 Å². The third-order valence-electron chi connectivity index (χ3n) is 2.86. The molecule has 0 unspecified atom stereocenters. The normalized spacial score (nSPS) is 10.6. The summed E-state index contributed by atoms with van der Waals surface area (Å²) < 4.78 is 11.0. The zero-order valence-corrected chi connectivity index (χ0v) is 15.0. The minimum atomic E-state index is -0.418. The van der Waals surface area contributed by atoms with Crippen molar-refractivity contribution in [3.8, 4) is 17.2 Å². The number of phenolic OH excluding ortho intramolecular Hbond substituents is 1. The molecule has 0 spiro atoms. The monoisotopic (exact) mass is 412 g/mol. The van der Waals surface area contributed by atoms with E-state index in [0.717, 1.165) is 0 Å². The number of nitrogens with one attached hydrogen (secondary N) is 1. The van der Waals surface area contributed by atoms with Gasteiger partial charge >= 0.3 is 0 Å². The van der Waals surface area contributed by atoms with Crippen molar-refractivity contribution in [2.24, 2.45) is 5.10 Å². The van der Waals surface area contributed by atoms with Crippen LogP contribution in [0.1, 0.15) is 5.56 Å². The van der Waals surface area contributed by atoms with Gasteiger partial charge < -0.3 is 14.6 Å². The molecule has 0 heterocycles. The molecule has 24 heavy (non-hydrogen) atoms. The summed E-state index contributed by atoms with van der Waals surface area (Å²) in [6.45, 7) is -0.198. The Bertz CT molecular complexity index is 768. The number of rotatable bonds is 6. The molecule has 0 aliphatic rings. The van der Waals surface area contributed by atoms with Gasteiger partial charge in [0, 0.05) is 5.02 Å². The summed E-state index contributed by atoms with van der Waals surface area (Å²) in [5.41, 5.74) is 3.00. The average molecular weight is 414 g/mol. The average Bonchev–Trinajstić information content (AvgIpc) is 2.55. The van der Waals surface area contributed by atoms with Gasteiger partial charge in [0.25, 0.3) is 5.91 Å². The van der Waals surface area contributed by atoms with Gasteiger partial charge in [0.15, 0.2) is 18.1 Å². The van der Waals surface area contributed by atoms with Crippen LogP contribution in [0.3, 0.4) is 0 Å². The number of phenols is 1. The predicted octanol–water partition coefficient (Wildman–Crippen LogP) is 3.35. The Balaban J connectivity index is 1.86. The summed E-state index contributed by atoms with van der Waals surface area (Å²) in [5.74, 6) is 0.433. The van der Waals surface area contributed by atoms with E-state index in [2.05, 4.69) is 26.5 Å². The van der Waals surface area contributed by atoms with E-state index in [1.54, 1.807) is 30.3 Å². The van der Waals surface area contributed by atoms with Gasteiger partial charge in [0.2, 0.25) is 0 Å². The van der Waals surface area contributed by atoms with Gasteiger partial charge in [-0.15, -0.1) is 0 Å². The molecule has 126 valence electrons. The van der Waals surface area contributed by atoms with Gasteiger partial charge in [-0.1, -0.05) is 11.6 Å². The van der Waals surface area contributed by atoms with Crippen LogP contribution < -0.4 is 14.9 Å². The molecule has 0 aliphatic heterocycles. The van der Waals surface area contributed by atoms with Crippen molar-refractivity contribution in [1.82, 2.24) is 5.43 Å². The molecule has 0 atom stereocenters. The van der Waals surface area contributed by atoms with Crippen molar-refractivity contribution in [2.45, 2.75) is 0 Å². The molecule has 0 fully saturated rings. The van der Waals surface area contributed by atoms with E-state index >= 15 is 0 Å². The Kier molecular flexibility index (Phi) is 6.45. The molecular formula is C16H14BrClN2O4. The van der Waals surface area contributed by atoms with E-state index in [4.69, 9.17) is 21.1 Å². The van der Waals surface area contributed by atoms with Crippen LogP contribution >= 0.6 is 27.5 Å². The Morgan fingerprint density at radius 3 is 2.83 bits per heavy atom. The van der Waals surface area contributed by atoms with Crippen molar-refractivity contribution in [1.29, 1.82) is 0 Å². The molecule has 0 radical (unpaired) electrons. The summed E-state index contributed by atoms with van der Waals surface area (Å²) >= 11 is 9.13. The first kappa shape index (κ1) is 18.1. The first-order valence-electron chi connectivity index (χ1n) is 6.76. The number of hydrogen-bond acceptors (Lipinski definition) is 5. The van der Waals surface area contributed by atoms with Gasteiger partial charge in [0.1, 0.15) is 5.75 Å². The number of amides is 1. The largest absolute Gasteiger partial charge is 0.504 e. The number of aromatic hydroxyl groups is 1. The molecule has 0 saturated carbocycles. The standard InChI is InChI=1S/C16H14BrClN2O4/c1-23-15-6-10(2-4-13(15)21)8-19-20-16(22)9-24-14-5-3-11(18)7-12(14)17/h2-8,21H,9H2,1H3,(H,20,22)/b19-8-. The fourth-order valence-corrected chi connectivity index (χ4v) is 2.52. The molecule has 2 N–H and O–H groups in total. The van der Waals surface area contributed by atoms with Gasteiger partial charge in [0.05, 0.1) is 17.8 Å². The number of benzene rings is 2. The van der Waals surface area contributed by atoms with Gasteiger partial charge in [-0.25, -0.2) is 5.43 Å². The molecule has 2 aromatic rings. The van der Waals surface area contributed by atoms with E-state index in [0.29, 0.717) is 26.6 Å². The van der Waals surface area contributed by atoms with Crippen molar-refractivity contribution in [3.63, 3.8) is 0 Å². The summed E-state index contributed by atoms with van der Waals surface area (Å²) in [7, 11) is 1.45. The zero-order valence-electron chi connectivity index (χ0n) is 12.6. The minimum Gasteiger partial charge on any atom is -0.504 e. The molecule has 2 rings (SSSR count). The highest BCUT2D eigenvalue weighted by Crippen LogP contribution is 2.28. The Morgan fingerprint density at radius 1 is 1.33 bits per heavy atom. The van der Waals surface area contributed by atoms with Crippen LogP contribution in [0, 0.1) is 0 Å². The maximum absolute atomic E-state index is 11.7. The maximum atomic E-state index is 11.7. The minimum absolute atomic E-state index is 0.0284. The first-order valence-corrected chi connectivity index (χ1v) is 7.93. The third-order valence-corrected chi connectivity index (χ3v) is 3.71. The summed E-state index contributed by atoms with van der Waals surface area (Å²) in [6, 6.07) is 9.69. The quantitative estimate of drug-likeness (QED) is 0.562. The predicted molar refractivity (Wildman–Crippen MR) is 95.0 cm³/mol. The number of ether oxygens (including phenoxy) is 2. The molecule has 0 bridgehead atoms. The third kappa shape index (κ3) is 5.14. The molecule has 0 aromatic heterocycles. The summed E-state index contributed by atoms with van der Waals surface area (Å²) in [6.07, 6.45) is 1.43. The zero-order chi connectivity index (χ0) is 17.5. The van der Waals surface area contributed by atoms with Crippen LogP contribution in [0.4, 0.5) is 0 Å². The summed E-state index contributed by atoms with van der Waals surface area (Å²) in [4.78, 5) is 11.7. The van der Waals surface area contributed by atoms with E-state index in [1.165, 1.54) is 19.4 Å². The van der Waals surface area contributed by atoms with Gasteiger partial charge in [-0.05, 0) is 57.9 Å². The lowest BCUT2D eigenvalue weighted by Gasteiger charge is -2.07. The SMILES string of the molecule is COc1cc(/C=N\NC(=O)COc2ccc(Cl)cc2Br)ccc1O. The van der Waals surface area contributed by atoms with Gasteiger partial charge in [-0.2, -0.15) is 5.10 Å². The lowest BCUT2D eigenvalue weighted by molar-refractivity contribution is -0.123. The number of nitrogens with zero attached hydrogens (tertiary/aromatic N) is 1. The Labute approximate surface area is 152 Å². The number of halogens is 2. The molecule has 8 heteroatoms. The number of carbonyl (C=O) groups excluding carboxylic acids is 1. The van der Waals surface area contributed by atoms with Crippen molar-refractivity contribution < 1.29 is 19.4 Å². The highest BCUT2D eigenvalue weighted by Gasteiger charge is 2.06. The molecule has 1 amide bonds. The second kappa shape index (κ2) is 8.56. The van der Waals surface area contributed by atoms with Crippen LogP contribution in [-0.4, -0.2) is 30.9 Å². The van der Waals surface area contributed by atoms with E-state index in [9.17, 15) is 9.90 Å². The molecular weight excluding hydrogens is 400 g/mol. The van der Waals surface area contributed by atoms with E-state index in [-0.39, 0.29) is 12.4 Å². The number of hydrazone groups is 1. The fourth-order valence-electron chi connectivity index (χ4n) is 1.72. The lowest BCUT2D eigenvalue weighted by atomic mass is 10.2. The first-order chi connectivity index (χ1) is 11.5. The number of hydrogen-bond donors (Lipinski definition) is 2. The molecule has 0 aliphatic carbocycles. The van der Waals surface area contributed by atoms with Crippen molar-refractivity contribution in [3.05, 3.63) is 51.5 Å². The van der Waals surface area contributed by atoms with E-state index in [1.807, 2.05) is 0 Å². The number of methoxy groups -OCH3 is 1. The fraction of sp³-hybridized carbons (Fsp3) is 0.125. The molecule has 0 saturated heterocycles. The number of carbonyl (C=O) groups is 1. The second-order valence-electron chi connectivity index (χ2n) is 4.59. The smallest absolute Gasteiger partial charge is 0.277 e. The van der Waals surface area contributed by atoms with Crippen LogP contribution in [0.2, 0.25) is 5.02 Å². The van der Waals surface area contributed by atoms with Crippen LogP contribution in [0.15, 0.2) is 46.0 Å². The van der Waals surface area contributed by atoms with Crippen LogP contribution in [0.25, 0.3) is 0 Å². The molecule has 6 nitrogen and oxygen atoms in total. The highest BCUT2D eigenvalue weighted by molar-refractivity contribution is 9.10. The van der Waals surface area contributed by atoms with Crippen LogP contribution in [0.5, 0.6) is 17.2 Å². The van der Waals surface area contributed by atoms with Crippen molar-refractivity contribution >= 4 is 39.7 Å².